The van der Waals surface area contributed by atoms with Crippen molar-refractivity contribution in [2.75, 3.05) is 11.9 Å². The molecule has 0 aromatic heterocycles. The fourth-order valence-corrected chi connectivity index (χ4v) is 2.25. The Morgan fingerprint density at radius 3 is 2.50 bits per heavy atom. The van der Waals surface area contributed by atoms with Gasteiger partial charge in [-0.15, -0.1) is 0 Å². The Labute approximate surface area is 119 Å². The highest BCUT2D eigenvalue weighted by molar-refractivity contribution is 5.45. The van der Waals surface area contributed by atoms with Crippen molar-refractivity contribution < 1.29 is 9.50 Å². The molecular formula is C17H20FNO. The van der Waals surface area contributed by atoms with Crippen molar-refractivity contribution in [2.24, 2.45) is 0 Å². The molecule has 0 bridgehead atoms. The Morgan fingerprint density at radius 2 is 1.85 bits per heavy atom. The summed E-state index contributed by atoms with van der Waals surface area (Å²) in [6.07, 6.45) is 1.45. The van der Waals surface area contributed by atoms with E-state index in [-0.39, 0.29) is 18.5 Å². The highest BCUT2D eigenvalue weighted by atomic mass is 19.1. The second-order valence-corrected chi connectivity index (χ2v) is 5.05. The first-order valence-electron chi connectivity index (χ1n) is 6.88. The van der Waals surface area contributed by atoms with Crippen molar-refractivity contribution in [2.45, 2.75) is 25.8 Å². The van der Waals surface area contributed by atoms with Gasteiger partial charge in [0, 0.05) is 18.3 Å². The number of aliphatic hydroxyl groups is 1. The van der Waals surface area contributed by atoms with E-state index in [1.165, 1.54) is 6.07 Å². The van der Waals surface area contributed by atoms with E-state index >= 15 is 0 Å². The van der Waals surface area contributed by atoms with Crippen molar-refractivity contribution in [3.05, 3.63) is 65.5 Å². The van der Waals surface area contributed by atoms with Crippen LogP contribution in [0.2, 0.25) is 0 Å². The molecule has 3 heteroatoms. The van der Waals surface area contributed by atoms with Gasteiger partial charge in [-0.05, 0) is 55.2 Å². The van der Waals surface area contributed by atoms with Crippen LogP contribution in [0.5, 0.6) is 0 Å². The first-order chi connectivity index (χ1) is 9.67. The molecule has 0 radical (unpaired) electrons. The number of nitrogens with one attached hydrogen (secondary N) is 1. The summed E-state index contributed by atoms with van der Waals surface area (Å²) in [4.78, 5) is 0. The molecule has 1 unspecified atom stereocenters. The predicted octanol–water partition coefficient (Wildman–Crippen LogP) is 3.40. The van der Waals surface area contributed by atoms with Crippen molar-refractivity contribution in [3.8, 4) is 0 Å². The van der Waals surface area contributed by atoms with Crippen LogP contribution >= 0.6 is 0 Å². The largest absolute Gasteiger partial charge is 0.396 e. The summed E-state index contributed by atoms with van der Waals surface area (Å²) in [5.41, 5.74) is 3.15. The van der Waals surface area contributed by atoms with Crippen molar-refractivity contribution in [1.29, 1.82) is 0 Å². The van der Waals surface area contributed by atoms with Crippen LogP contribution in [0.1, 0.15) is 18.1 Å². The van der Waals surface area contributed by atoms with Gasteiger partial charge in [-0.3, -0.25) is 0 Å². The highest BCUT2D eigenvalue weighted by Crippen LogP contribution is 2.13. The predicted molar refractivity (Wildman–Crippen MR) is 80.4 cm³/mol. The molecule has 20 heavy (non-hydrogen) atoms. The molecule has 0 fully saturated rings. The van der Waals surface area contributed by atoms with E-state index in [9.17, 15) is 4.39 Å². The second kappa shape index (κ2) is 7.06. The zero-order valence-corrected chi connectivity index (χ0v) is 11.6. The summed E-state index contributed by atoms with van der Waals surface area (Å²) in [5, 5.41) is 12.3. The lowest BCUT2D eigenvalue weighted by Crippen LogP contribution is -2.18. The molecular weight excluding hydrogens is 253 g/mol. The van der Waals surface area contributed by atoms with E-state index in [1.807, 2.05) is 30.3 Å². The van der Waals surface area contributed by atoms with Crippen LogP contribution < -0.4 is 5.32 Å². The molecule has 0 aliphatic rings. The number of aliphatic hydroxyl groups excluding tert-OH is 1. The van der Waals surface area contributed by atoms with Gasteiger partial charge in [-0.2, -0.15) is 0 Å². The smallest absolute Gasteiger partial charge is 0.123 e. The minimum absolute atomic E-state index is 0.169. The third-order valence-corrected chi connectivity index (χ3v) is 3.20. The fraction of sp³-hybridized carbons (Fsp3) is 0.294. The lowest BCUT2D eigenvalue weighted by atomic mass is 10.1. The van der Waals surface area contributed by atoms with Crippen LogP contribution in [-0.4, -0.2) is 17.8 Å². The summed E-state index contributed by atoms with van der Waals surface area (Å²) < 4.78 is 13.1. The van der Waals surface area contributed by atoms with E-state index in [2.05, 4.69) is 12.2 Å². The molecule has 0 spiro atoms. The number of hydrogen-bond acceptors (Lipinski definition) is 2. The topological polar surface area (TPSA) is 32.3 Å². The SMILES string of the molecule is CC(Cc1cccc(F)c1)Nc1ccc(CCO)cc1. The van der Waals surface area contributed by atoms with Crippen LogP contribution in [0.15, 0.2) is 48.5 Å². The molecule has 0 saturated carbocycles. The Hall–Kier alpha value is -1.87. The third-order valence-electron chi connectivity index (χ3n) is 3.20. The highest BCUT2D eigenvalue weighted by Gasteiger charge is 2.04. The summed E-state index contributed by atoms with van der Waals surface area (Å²) in [7, 11) is 0. The van der Waals surface area contributed by atoms with Gasteiger partial charge in [0.15, 0.2) is 0 Å². The molecule has 2 rings (SSSR count). The van der Waals surface area contributed by atoms with Gasteiger partial charge in [0.25, 0.3) is 0 Å². The maximum absolute atomic E-state index is 13.1. The fourth-order valence-electron chi connectivity index (χ4n) is 2.25. The average Bonchev–Trinajstić information content (AvgIpc) is 2.41. The normalized spacial score (nSPS) is 12.2. The number of halogens is 1. The molecule has 0 saturated heterocycles. The van der Waals surface area contributed by atoms with Gasteiger partial charge in [0.05, 0.1) is 0 Å². The van der Waals surface area contributed by atoms with Gasteiger partial charge < -0.3 is 10.4 Å². The molecule has 2 N–H and O–H groups in total. The van der Waals surface area contributed by atoms with Gasteiger partial charge in [0.2, 0.25) is 0 Å². The standard InChI is InChI=1S/C17H20FNO/c1-13(11-15-3-2-4-16(18)12-15)19-17-7-5-14(6-8-17)9-10-20/h2-8,12-13,19-20H,9-11H2,1H3. The van der Waals surface area contributed by atoms with Crippen LogP contribution in [0.25, 0.3) is 0 Å². The summed E-state index contributed by atoms with van der Waals surface area (Å²) in [6, 6.07) is 15.0. The number of rotatable bonds is 6. The van der Waals surface area contributed by atoms with Crippen LogP contribution in [0.3, 0.4) is 0 Å². The molecule has 0 amide bonds. The minimum atomic E-state index is -0.192. The van der Waals surface area contributed by atoms with Crippen molar-refractivity contribution in [1.82, 2.24) is 0 Å². The molecule has 0 aliphatic heterocycles. The zero-order chi connectivity index (χ0) is 14.4. The summed E-state index contributed by atoms with van der Waals surface area (Å²) in [6.45, 7) is 2.25. The Morgan fingerprint density at radius 1 is 1.10 bits per heavy atom. The zero-order valence-electron chi connectivity index (χ0n) is 11.6. The second-order valence-electron chi connectivity index (χ2n) is 5.05. The van der Waals surface area contributed by atoms with E-state index in [4.69, 9.17) is 5.11 Å². The first-order valence-corrected chi connectivity index (χ1v) is 6.88. The average molecular weight is 273 g/mol. The molecule has 2 aromatic carbocycles. The van der Waals surface area contributed by atoms with E-state index < -0.39 is 0 Å². The number of hydrogen-bond donors (Lipinski definition) is 2. The van der Waals surface area contributed by atoms with Crippen LogP contribution in [0.4, 0.5) is 10.1 Å². The molecule has 0 heterocycles. The lowest BCUT2D eigenvalue weighted by molar-refractivity contribution is 0.299. The van der Waals surface area contributed by atoms with Crippen molar-refractivity contribution in [3.63, 3.8) is 0 Å². The van der Waals surface area contributed by atoms with Gasteiger partial charge in [-0.1, -0.05) is 24.3 Å². The minimum Gasteiger partial charge on any atom is -0.396 e. The van der Waals surface area contributed by atoms with E-state index in [1.54, 1.807) is 12.1 Å². The summed E-state index contributed by atoms with van der Waals surface area (Å²) >= 11 is 0. The third kappa shape index (κ3) is 4.35. The molecule has 1 atom stereocenters. The lowest BCUT2D eigenvalue weighted by Gasteiger charge is -2.15. The molecule has 106 valence electrons. The Kier molecular flexibility index (Phi) is 5.13. The van der Waals surface area contributed by atoms with Crippen molar-refractivity contribution >= 4 is 5.69 Å². The Balaban J connectivity index is 1.92. The molecule has 2 aromatic rings. The van der Waals surface area contributed by atoms with Gasteiger partial charge in [-0.25, -0.2) is 4.39 Å². The number of benzene rings is 2. The number of anilines is 1. The van der Waals surface area contributed by atoms with E-state index in [0.29, 0.717) is 6.42 Å². The van der Waals surface area contributed by atoms with Gasteiger partial charge in [0.1, 0.15) is 5.82 Å². The maximum atomic E-state index is 13.1. The molecule has 0 aliphatic carbocycles. The first kappa shape index (κ1) is 14.5. The monoisotopic (exact) mass is 273 g/mol. The maximum Gasteiger partial charge on any atom is 0.123 e. The molecule has 2 nitrogen and oxygen atoms in total. The van der Waals surface area contributed by atoms with Crippen LogP contribution in [-0.2, 0) is 12.8 Å². The summed E-state index contributed by atoms with van der Waals surface area (Å²) in [5.74, 6) is -0.192. The van der Waals surface area contributed by atoms with E-state index in [0.717, 1.165) is 23.2 Å². The Bertz CT molecular complexity index is 539. The van der Waals surface area contributed by atoms with Gasteiger partial charge >= 0.3 is 0 Å². The quantitative estimate of drug-likeness (QED) is 0.845. The van der Waals surface area contributed by atoms with Crippen LogP contribution in [0, 0.1) is 5.82 Å².